The molecule has 2 aromatic rings. The molecule has 5 nitrogen and oxygen atoms in total. The molecule has 0 aliphatic carbocycles. The van der Waals surface area contributed by atoms with Crippen LogP contribution in [0, 0.1) is 0 Å². The van der Waals surface area contributed by atoms with Gasteiger partial charge in [0, 0.05) is 18.5 Å². The minimum Gasteiger partial charge on any atom is -0.338 e. The molecule has 0 spiro atoms. The maximum absolute atomic E-state index is 12.4. The van der Waals surface area contributed by atoms with Gasteiger partial charge in [-0.2, -0.15) is 5.10 Å². The lowest BCUT2D eigenvalue weighted by Gasteiger charge is -2.23. The Morgan fingerprint density at radius 2 is 2.00 bits per heavy atom. The molecule has 100 valence electrons. The number of nitrogens with one attached hydrogen (secondary N) is 1. The molecule has 1 N–H and O–H groups in total. The molecule has 5 heteroatoms. The monoisotopic (exact) mass is 259 g/mol. The second-order valence-corrected chi connectivity index (χ2v) is 4.62. The quantitative estimate of drug-likeness (QED) is 0.914. The van der Waals surface area contributed by atoms with E-state index in [0.29, 0.717) is 10.8 Å². The summed E-state index contributed by atoms with van der Waals surface area (Å²) >= 11 is 0. The number of aromatic nitrogens is 2. The van der Waals surface area contributed by atoms with Crippen LogP contribution in [-0.2, 0) is 0 Å². The predicted molar refractivity (Wildman–Crippen MR) is 74.2 cm³/mol. The Morgan fingerprint density at radius 3 is 2.63 bits per heavy atom. The molecule has 0 fully saturated rings. The van der Waals surface area contributed by atoms with Crippen molar-refractivity contribution in [2.75, 3.05) is 7.05 Å². The Bertz CT molecular complexity index is 663. The van der Waals surface area contributed by atoms with E-state index in [1.807, 2.05) is 13.8 Å². The van der Waals surface area contributed by atoms with Crippen LogP contribution in [0.4, 0.5) is 0 Å². The molecule has 0 aliphatic heterocycles. The highest BCUT2D eigenvalue weighted by atomic mass is 16.2. The van der Waals surface area contributed by atoms with Gasteiger partial charge < -0.3 is 4.90 Å². The van der Waals surface area contributed by atoms with Gasteiger partial charge in [0.1, 0.15) is 0 Å². The number of carbonyl (C=O) groups is 1. The number of fused-ring (bicyclic) bond motifs is 1. The van der Waals surface area contributed by atoms with Crippen LogP contribution in [0.3, 0.4) is 0 Å². The first-order valence-electron chi connectivity index (χ1n) is 6.30. The van der Waals surface area contributed by atoms with E-state index in [0.717, 1.165) is 6.42 Å². The average molecular weight is 259 g/mol. The zero-order valence-corrected chi connectivity index (χ0v) is 11.3. The molecule has 0 aliphatic rings. The highest BCUT2D eigenvalue weighted by molar-refractivity contribution is 6.04. The normalized spacial score (nSPS) is 12.4. The molecule has 19 heavy (non-hydrogen) atoms. The second-order valence-electron chi connectivity index (χ2n) is 4.62. The van der Waals surface area contributed by atoms with Crippen molar-refractivity contribution in [1.29, 1.82) is 0 Å². The van der Waals surface area contributed by atoms with Crippen LogP contribution in [0.1, 0.15) is 30.8 Å². The van der Waals surface area contributed by atoms with Crippen LogP contribution in [0.5, 0.6) is 0 Å². The van der Waals surface area contributed by atoms with Gasteiger partial charge in [-0.1, -0.05) is 25.1 Å². The summed E-state index contributed by atoms with van der Waals surface area (Å²) in [6.07, 6.45) is 0.865. The highest BCUT2D eigenvalue weighted by Gasteiger charge is 2.20. The lowest BCUT2D eigenvalue weighted by molar-refractivity contribution is 0.0735. The Labute approximate surface area is 111 Å². The van der Waals surface area contributed by atoms with Gasteiger partial charge in [0.2, 0.25) is 0 Å². The van der Waals surface area contributed by atoms with Crippen molar-refractivity contribution in [2.45, 2.75) is 26.3 Å². The first-order chi connectivity index (χ1) is 9.06. The van der Waals surface area contributed by atoms with Crippen molar-refractivity contribution in [2.24, 2.45) is 0 Å². The second kappa shape index (κ2) is 5.22. The number of hydrogen-bond donors (Lipinski definition) is 1. The van der Waals surface area contributed by atoms with Crippen molar-refractivity contribution < 1.29 is 4.79 Å². The summed E-state index contributed by atoms with van der Waals surface area (Å²) in [5.74, 6) is -0.179. The molecule has 2 rings (SSSR count). The molecule has 0 saturated carbocycles. The fourth-order valence-corrected chi connectivity index (χ4v) is 1.92. The smallest absolute Gasteiger partial charge is 0.274 e. The van der Waals surface area contributed by atoms with Gasteiger partial charge in [-0.25, -0.2) is 5.10 Å². The summed E-state index contributed by atoms with van der Waals surface area (Å²) in [4.78, 5) is 25.7. The number of benzene rings is 1. The number of amides is 1. The number of aromatic amines is 1. The van der Waals surface area contributed by atoms with Crippen molar-refractivity contribution in [3.05, 3.63) is 40.3 Å². The molecule has 1 unspecified atom stereocenters. The van der Waals surface area contributed by atoms with Gasteiger partial charge >= 0.3 is 0 Å². The molecule has 1 atom stereocenters. The molecular weight excluding hydrogens is 242 g/mol. The van der Waals surface area contributed by atoms with Crippen LogP contribution < -0.4 is 5.56 Å². The number of carbonyl (C=O) groups excluding carboxylic acids is 1. The molecular formula is C14H17N3O2. The molecule has 0 radical (unpaired) electrons. The summed E-state index contributed by atoms with van der Waals surface area (Å²) in [7, 11) is 1.75. The minimum atomic E-state index is -0.279. The van der Waals surface area contributed by atoms with E-state index in [9.17, 15) is 9.59 Å². The highest BCUT2D eigenvalue weighted by Crippen LogP contribution is 2.15. The van der Waals surface area contributed by atoms with E-state index in [-0.39, 0.29) is 23.2 Å². The first-order valence-corrected chi connectivity index (χ1v) is 6.30. The summed E-state index contributed by atoms with van der Waals surface area (Å²) in [5, 5.41) is 7.37. The van der Waals surface area contributed by atoms with E-state index < -0.39 is 0 Å². The molecule has 0 saturated heterocycles. The van der Waals surface area contributed by atoms with Gasteiger partial charge in [0.05, 0.1) is 5.39 Å². The van der Waals surface area contributed by atoms with Gasteiger partial charge in [-0.05, 0) is 19.4 Å². The number of nitrogens with zero attached hydrogens (tertiary/aromatic N) is 2. The maximum atomic E-state index is 12.4. The molecule has 1 heterocycles. The summed E-state index contributed by atoms with van der Waals surface area (Å²) < 4.78 is 0. The number of hydrogen-bond acceptors (Lipinski definition) is 3. The van der Waals surface area contributed by atoms with E-state index in [1.165, 1.54) is 0 Å². The molecule has 1 aromatic carbocycles. The third-order valence-electron chi connectivity index (χ3n) is 3.47. The van der Waals surface area contributed by atoms with Gasteiger partial charge in [-0.15, -0.1) is 0 Å². The summed E-state index contributed by atoms with van der Waals surface area (Å²) in [6, 6.07) is 7.12. The van der Waals surface area contributed by atoms with Crippen LogP contribution in [0.25, 0.3) is 10.8 Å². The van der Waals surface area contributed by atoms with Crippen molar-refractivity contribution >= 4 is 16.7 Å². The lowest BCUT2D eigenvalue weighted by Crippen LogP contribution is -2.35. The van der Waals surface area contributed by atoms with Gasteiger partial charge in [0.25, 0.3) is 11.5 Å². The Balaban J connectivity index is 2.55. The van der Waals surface area contributed by atoms with E-state index in [2.05, 4.69) is 10.2 Å². The first kappa shape index (κ1) is 13.3. The zero-order chi connectivity index (χ0) is 14.0. The fourth-order valence-electron chi connectivity index (χ4n) is 1.92. The Morgan fingerprint density at radius 1 is 1.37 bits per heavy atom. The largest absolute Gasteiger partial charge is 0.338 e. The Hall–Kier alpha value is -2.17. The van der Waals surface area contributed by atoms with Crippen molar-refractivity contribution in [3.63, 3.8) is 0 Å². The van der Waals surface area contributed by atoms with Gasteiger partial charge in [0.15, 0.2) is 5.69 Å². The Kier molecular flexibility index (Phi) is 3.64. The number of H-pyrrole nitrogens is 1. The van der Waals surface area contributed by atoms with Crippen LogP contribution in [0.2, 0.25) is 0 Å². The average Bonchev–Trinajstić information content (AvgIpc) is 2.45. The third kappa shape index (κ3) is 2.36. The van der Waals surface area contributed by atoms with Crippen LogP contribution in [-0.4, -0.2) is 34.1 Å². The lowest BCUT2D eigenvalue weighted by atomic mass is 10.1. The van der Waals surface area contributed by atoms with Crippen molar-refractivity contribution in [1.82, 2.24) is 15.1 Å². The van der Waals surface area contributed by atoms with Crippen molar-refractivity contribution in [3.8, 4) is 0 Å². The SMILES string of the molecule is CCC(C)N(C)C(=O)c1n[nH]c(=O)c2ccccc12. The van der Waals surface area contributed by atoms with E-state index >= 15 is 0 Å². The van der Waals surface area contributed by atoms with Crippen LogP contribution in [0.15, 0.2) is 29.1 Å². The predicted octanol–water partition coefficient (Wildman–Crippen LogP) is 1.79. The maximum Gasteiger partial charge on any atom is 0.274 e. The van der Waals surface area contributed by atoms with Crippen LogP contribution >= 0.6 is 0 Å². The molecule has 1 aromatic heterocycles. The van der Waals surface area contributed by atoms with E-state index in [1.54, 1.807) is 36.2 Å². The zero-order valence-electron chi connectivity index (χ0n) is 11.3. The number of rotatable bonds is 3. The summed E-state index contributed by atoms with van der Waals surface area (Å²) in [5.41, 5.74) is 0.0105. The van der Waals surface area contributed by atoms with E-state index in [4.69, 9.17) is 0 Å². The van der Waals surface area contributed by atoms with Gasteiger partial charge in [-0.3, -0.25) is 9.59 Å². The topological polar surface area (TPSA) is 66.1 Å². The molecule has 1 amide bonds. The fraction of sp³-hybridized carbons (Fsp3) is 0.357. The third-order valence-corrected chi connectivity index (χ3v) is 3.47. The minimum absolute atomic E-state index is 0.125. The summed E-state index contributed by atoms with van der Waals surface area (Å²) in [6.45, 7) is 4.00. The standard InChI is InChI=1S/C14H17N3O2/c1-4-9(2)17(3)14(19)12-10-7-5-6-8-11(10)13(18)16-15-12/h5-9H,4H2,1-3H3,(H,16,18). The molecule has 0 bridgehead atoms.